The minimum Gasteiger partial charge on any atom is -0.481 e. The van der Waals surface area contributed by atoms with Crippen LogP contribution in [0.15, 0.2) is 35.9 Å². The molecule has 1 aliphatic heterocycles. The molecule has 3 saturated carbocycles. The molecule has 4 aliphatic carbocycles. The van der Waals surface area contributed by atoms with E-state index >= 15 is 0 Å². The summed E-state index contributed by atoms with van der Waals surface area (Å²) in [6.07, 6.45) is 7.23. The number of hydrogen-bond donors (Lipinski definition) is 3. The number of fused-ring (bicyclic) bond motifs is 3. The van der Waals surface area contributed by atoms with Gasteiger partial charge in [-0.3, -0.25) is 19.2 Å². The van der Waals surface area contributed by atoms with Gasteiger partial charge in [-0.05, 0) is 116 Å². The van der Waals surface area contributed by atoms with E-state index in [0.29, 0.717) is 68.4 Å². The van der Waals surface area contributed by atoms with Gasteiger partial charge in [0.25, 0.3) is 5.91 Å². The van der Waals surface area contributed by atoms with Gasteiger partial charge in [0.05, 0.1) is 19.1 Å². The summed E-state index contributed by atoms with van der Waals surface area (Å²) in [5.74, 6) is -1.49. The molecule has 2 bridgehead atoms. The molecule has 310 valence electrons. The van der Waals surface area contributed by atoms with Crippen LogP contribution in [-0.2, 0) is 28.6 Å². The van der Waals surface area contributed by atoms with Crippen LogP contribution >= 0.6 is 11.6 Å². The number of carboxylic acid groups (broad SMARTS) is 1. The zero-order valence-electron chi connectivity index (χ0n) is 34.8. The Bertz CT molecular complexity index is 1730. The number of amides is 1. The Kier molecular flexibility index (Phi) is 11.9. The lowest BCUT2D eigenvalue weighted by Gasteiger charge is -2.71. The summed E-state index contributed by atoms with van der Waals surface area (Å²) >= 11 is 6.02. The highest BCUT2D eigenvalue weighted by Crippen LogP contribution is 2.75. The molecule has 56 heavy (non-hydrogen) atoms. The smallest absolute Gasteiger partial charge is 0.323 e. The predicted octanol–water partition coefficient (Wildman–Crippen LogP) is 8.00. The number of halogens is 1. The normalized spacial score (nSPS) is 38.5. The molecular formula is C45H65ClN2O8. The monoisotopic (exact) mass is 796 g/mol. The number of allylic oxidation sites excluding steroid dienone is 1. The number of carbonyl (C=O) groups is 4. The summed E-state index contributed by atoms with van der Waals surface area (Å²) in [5.41, 5.74) is 6.11. The summed E-state index contributed by atoms with van der Waals surface area (Å²) in [5, 5.41) is 14.4. The number of esters is 2. The third-order valence-electron chi connectivity index (χ3n) is 16.2. The number of carboxylic acids is 1. The first-order chi connectivity index (χ1) is 26.2. The topological polar surface area (TPSA) is 154 Å². The lowest BCUT2D eigenvalue weighted by Crippen LogP contribution is -2.70. The molecule has 12 atom stereocenters. The summed E-state index contributed by atoms with van der Waals surface area (Å²) in [4.78, 5) is 52.3. The van der Waals surface area contributed by atoms with Crippen molar-refractivity contribution in [2.75, 3.05) is 19.8 Å². The third kappa shape index (κ3) is 7.01. The van der Waals surface area contributed by atoms with Gasteiger partial charge in [0, 0.05) is 34.9 Å². The molecule has 10 nitrogen and oxygen atoms in total. The highest BCUT2D eigenvalue weighted by Gasteiger charge is 2.72. The van der Waals surface area contributed by atoms with E-state index in [1.54, 1.807) is 24.3 Å². The van der Waals surface area contributed by atoms with Gasteiger partial charge in [-0.25, -0.2) is 0 Å². The number of rotatable bonds is 12. The molecule has 1 aromatic carbocycles. The van der Waals surface area contributed by atoms with E-state index in [0.717, 1.165) is 25.7 Å². The van der Waals surface area contributed by atoms with Crippen molar-refractivity contribution >= 4 is 35.4 Å². The predicted molar refractivity (Wildman–Crippen MR) is 215 cm³/mol. The summed E-state index contributed by atoms with van der Waals surface area (Å²) in [6.45, 7) is 18.2. The lowest BCUT2D eigenvalue weighted by molar-refractivity contribution is -0.263. The number of nitrogens with one attached hydrogen (secondary N) is 1. The SMILES string of the molecule is CC(=O)O[C@@H]1C[C@]23COC[C@](C)([C@@H]2CC[C@H]2C3=CC[C@@]3(C)[C@H](C(=O)O)[C@@](C)([C@H](C)C(C)C)CC[C@]23C)[C@H]1OC(=O)C(N)CCCCNC(=O)c1cccc(Cl)c1. The van der Waals surface area contributed by atoms with Crippen LogP contribution in [0.25, 0.3) is 0 Å². The van der Waals surface area contributed by atoms with Crippen molar-refractivity contribution in [2.24, 2.45) is 62.4 Å². The average molecular weight is 797 g/mol. The first-order valence-corrected chi connectivity index (χ1v) is 21.3. The van der Waals surface area contributed by atoms with E-state index in [4.69, 9.17) is 31.5 Å². The first-order valence-electron chi connectivity index (χ1n) is 20.9. The van der Waals surface area contributed by atoms with E-state index in [9.17, 15) is 24.3 Å². The van der Waals surface area contributed by atoms with E-state index in [2.05, 4.69) is 59.9 Å². The molecule has 4 fully saturated rings. The zero-order chi connectivity index (χ0) is 41.0. The van der Waals surface area contributed by atoms with Crippen molar-refractivity contribution in [2.45, 2.75) is 131 Å². The second kappa shape index (κ2) is 15.7. The van der Waals surface area contributed by atoms with Crippen LogP contribution in [-0.4, -0.2) is 66.9 Å². The largest absolute Gasteiger partial charge is 0.481 e. The Morgan fingerprint density at radius 2 is 1.75 bits per heavy atom. The fraction of sp³-hybridized carbons (Fsp3) is 0.733. The highest BCUT2D eigenvalue weighted by molar-refractivity contribution is 6.30. The van der Waals surface area contributed by atoms with Crippen molar-refractivity contribution in [3.63, 3.8) is 0 Å². The van der Waals surface area contributed by atoms with Gasteiger partial charge < -0.3 is 30.4 Å². The standard InChI is InChI=1S/C45H65ClN2O8/c1-26(2)27(3)41(5)19-20-43(7)31-15-16-35-42(6)24-54-25-45(35,32(31)17-18-44(43,8)36(41)39(51)52)23-34(55-28(4)49)37(42)56-40(53)33(47)14-9-10-21-48-38(50)29-12-11-13-30(46)22-29/h11-13,17,22,26-27,31,33-37H,9-10,14-16,18-21,23-25,47H2,1-8H3,(H,48,50)(H,51,52)/t27-,31+,33?,34-,35+,36-,37+,41-,42-,43-,44+,45-/m1/s1. The minimum atomic E-state index is -0.886. The molecule has 0 spiro atoms. The Morgan fingerprint density at radius 3 is 2.41 bits per heavy atom. The van der Waals surface area contributed by atoms with Crippen LogP contribution in [0.4, 0.5) is 0 Å². The maximum absolute atomic E-state index is 13.7. The van der Waals surface area contributed by atoms with Crippen molar-refractivity contribution in [1.29, 1.82) is 0 Å². The molecule has 4 N–H and O–H groups in total. The van der Waals surface area contributed by atoms with Crippen molar-refractivity contribution in [3.8, 4) is 0 Å². The molecule has 1 saturated heterocycles. The maximum Gasteiger partial charge on any atom is 0.323 e. The second-order valence-corrected chi connectivity index (χ2v) is 19.9. The Morgan fingerprint density at radius 1 is 1.02 bits per heavy atom. The number of benzene rings is 1. The van der Waals surface area contributed by atoms with Gasteiger partial charge in [-0.2, -0.15) is 0 Å². The van der Waals surface area contributed by atoms with Gasteiger partial charge in [0.15, 0.2) is 0 Å². The molecular weight excluding hydrogens is 732 g/mol. The van der Waals surface area contributed by atoms with Crippen LogP contribution in [0.1, 0.15) is 124 Å². The Balaban J connectivity index is 1.21. The third-order valence-corrected chi connectivity index (χ3v) is 16.5. The number of unbranched alkanes of at least 4 members (excludes halogenated alkanes) is 1. The summed E-state index contributed by atoms with van der Waals surface area (Å²) < 4.78 is 19.0. The van der Waals surface area contributed by atoms with Crippen LogP contribution in [0, 0.1) is 56.7 Å². The number of carbonyl (C=O) groups excluding carboxylic acids is 3. The Hall–Kier alpha value is -2.95. The van der Waals surface area contributed by atoms with Gasteiger partial charge in [-0.15, -0.1) is 0 Å². The number of nitrogens with two attached hydrogens (primary N) is 1. The molecule has 0 aromatic heterocycles. The van der Waals surface area contributed by atoms with E-state index in [1.807, 2.05) is 0 Å². The minimum absolute atomic E-state index is 0.105. The maximum atomic E-state index is 13.7. The van der Waals surface area contributed by atoms with Crippen molar-refractivity contribution in [1.82, 2.24) is 5.32 Å². The van der Waals surface area contributed by atoms with Crippen LogP contribution in [0.3, 0.4) is 0 Å². The summed E-state index contributed by atoms with van der Waals surface area (Å²) in [6, 6.07) is 5.87. The number of ether oxygens (including phenoxy) is 3. The highest BCUT2D eigenvalue weighted by atomic mass is 35.5. The molecule has 1 heterocycles. The number of hydrogen-bond acceptors (Lipinski definition) is 8. The van der Waals surface area contributed by atoms with Gasteiger partial charge in [0.1, 0.15) is 18.2 Å². The fourth-order valence-electron chi connectivity index (χ4n) is 12.9. The molecule has 5 aliphatic rings. The van der Waals surface area contributed by atoms with Crippen LogP contribution in [0.5, 0.6) is 0 Å². The molecule has 1 unspecified atom stereocenters. The zero-order valence-corrected chi connectivity index (χ0v) is 35.5. The van der Waals surface area contributed by atoms with Gasteiger partial charge in [0.2, 0.25) is 0 Å². The molecule has 11 heteroatoms. The number of aliphatic carboxylic acids is 1. The average Bonchev–Trinajstić information content (AvgIpc) is 3.12. The quantitative estimate of drug-likeness (QED) is 0.108. The first kappa shape index (κ1) is 42.7. The van der Waals surface area contributed by atoms with Crippen LogP contribution in [0.2, 0.25) is 5.02 Å². The van der Waals surface area contributed by atoms with Crippen LogP contribution < -0.4 is 11.1 Å². The molecule has 1 aromatic rings. The van der Waals surface area contributed by atoms with Crippen molar-refractivity contribution in [3.05, 3.63) is 46.5 Å². The molecule has 0 radical (unpaired) electrons. The second-order valence-electron chi connectivity index (χ2n) is 19.4. The van der Waals surface area contributed by atoms with E-state index in [-0.39, 0.29) is 34.5 Å². The fourth-order valence-corrected chi connectivity index (χ4v) is 13.0. The Labute approximate surface area is 338 Å². The molecule has 6 rings (SSSR count). The van der Waals surface area contributed by atoms with Crippen molar-refractivity contribution < 1.29 is 38.5 Å². The van der Waals surface area contributed by atoms with E-state index < -0.39 is 58.3 Å². The summed E-state index contributed by atoms with van der Waals surface area (Å²) in [7, 11) is 0. The van der Waals surface area contributed by atoms with Gasteiger partial charge >= 0.3 is 17.9 Å². The van der Waals surface area contributed by atoms with Gasteiger partial charge in [-0.1, -0.05) is 77.8 Å². The molecule has 1 amide bonds. The lowest BCUT2D eigenvalue weighted by atomic mass is 9.34. The van der Waals surface area contributed by atoms with E-state index in [1.165, 1.54) is 12.5 Å².